The molecule has 0 atom stereocenters. The van der Waals surface area contributed by atoms with Gasteiger partial charge in [0.25, 0.3) is 5.91 Å². The van der Waals surface area contributed by atoms with Crippen LogP contribution in [0.2, 0.25) is 0 Å². The summed E-state index contributed by atoms with van der Waals surface area (Å²) in [7, 11) is 0. The van der Waals surface area contributed by atoms with Gasteiger partial charge in [0.2, 0.25) is 0 Å². The van der Waals surface area contributed by atoms with Crippen LogP contribution in [0.3, 0.4) is 0 Å². The van der Waals surface area contributed by atoms with Gasteiger partial charge in [0.05, 0.1) is 18.4 Å². The predicted octanol–water partition coefficient (Wildman–Crippen LogP) is 6.83. The monoisotopic (exact) mass is 531 g/mol. The van der Waals surface area contributed by atoms with Gasteiger partial charge in [0.15, 0.2) is 11.5 Å². The first-order valence-corrected chi connectivity index (χ1v) is 13.0. The zero-order valence-electron chi connectivity index (χ0n) is 22.5. The molecule has 0 aliphatic heterocycles. The number of carbonyl (C=O) groups is 2. The van der Waals surface area contributed by atoms with E-state index in [9.17, 15) is 9.59 Å². The van der Waals surface area contributed by atoms with Crippen LogP contribution >= 0.6 is 0 Å². The van der Waals surface area contributed by atoms with Gasteiger partial charge in [-0.15, -0.1) is 0 Å². The molecule has 0 spiro atoms. The number of hydrazone groups is 1. The quantitative estimate of drug-likeness (QED) is 0.0993. The highest BCUT2D eigenvalue weighted by Gasteiger charge is 2.20. The molecular formula is C33H29N3O4. The van der Waals surface area contributed by atoms with E-state index in [-0.39, 0.29) is 5.91 Å². The first-order chi connectivity index (χ1) is 19.4. The number of nitrogens with zero attached hydrogens (tertiary/aromatic N) is 1. The Morgan fingerprint density at radius 3 is 2.35 bits per heavy atom. The van der Waals surface area contributed by atoms with Crippen LogP contribution in [0.15, 0.2) is 96.1 Å². The number of esters is 1. The van der Waals surface area contributed by atoms with E-state index in [4.69, 9.17) is 9.47 Å². The van der Waals surface area contributed by atoms with Crippen molar-refractivity contribution in [3.05, 3.63) is 119 Å². The molecule has 5 aromatic rings. The Balaban J connectivity index is 1.38. The molecule has 1 aromatic heterocycles. The van der Waals surface area contributed by atoms with Crippen LogP contribution < -0.4 is 14.9 Å². The molecule has 0 aliphatic carbocycles. The summed E-state index contributed by atoms with van der Waals surface area (Å²) in [4.78, 5) is 29.2. The summed E-state index contributed by atoms with van der Waals surface area (Å²) in [6.45, 7) is 6.30. The third-order valence-corrected chi connectivity index (χ3v) is 6.40. The third-order valence-electron chi connectivity index (χ3n) is 6.40. The fraction of sp³-hybridized carbons (Fsp3) is 0.121. The third kappa shape index (κ3) is 5.63. The summed E-state index contributed by atoms with van der Waals surface area (Å²) in [5.74, 6) is -0.141. The van der Waals surface area contributed by atoms with Crippen molar-refractivity contribution in [2.24, 2.45) is 5.10 Å². The molecule has 0 radical (unpaired) electrons. The van der Waals surface area contributed by atoms with Gasteiger partial charge in [-0.05, 0) is 73.9 Å². The zero-order chi connectivity index (χ0) is 28.1. The number of H-pyrrole nitrogens is 1. The molecule has 7 nitrogen and oxygen atoms in total. The molecule has 0 aliphatic rings. The maximum absolute atomic E-state index is 13.3. The Morgan fingerprint density at radius 1 is 0.900 bits per heavy atom. The van der Waals surface area contributed by atoms with Gasteiger partial charge < -0.3 is 14.5 Å². The molecule has 5 rings (SSSR count). The van der Waals surface area contributed by atoms with Crippen molar-refractivity contribution in [3.63, 3.8) is 0 Å². The summed E-state index contributed by atoms with van der Waals surface area (Å²) in [6.07, 6.45) is 1.52. The van der Waals surface area contributed by atoms with Crippen molar-refractivity contribution in [2.45, 2.75) is 20.8 Å². The number of fused-ring (bicyclic) bond motifs is 1. The van der Waals surface area contributed by atoms with E-state index >= 15 is 0 Å². The molecule has 40 heavy (non-hydrogen) atoms. The second kappa shape index (κ2) is 11.7. The molecule has 2 N–H and O–H groups in total. The number of ether oxygens (including phenoxy) is 2. The van der Waals surface area contributed by atoms with Crippen LogP contribution in [-0.4, -0.2) is 29.7 Å². The molecule has 0 bridgehead atoms. The molecule has 0 saturated heterocycles. The Kier molecular flexibility index (Phi) is 7.73. The van der Waals surface area contributed by atoms with Gasteiger partial charge in [0.1, 0.15) is 5.69 Å². The van der Waals surface area contributed by atoms with Gasteiger partial charge in [0, 0.05) is 16.5 Å². The lowest BCUT2D eigenvalue weighted by Crippen LogP contribution is -2.19. The van der Waals surface area contributed by atoms with E-state index in [1.54, 1.807) is 42.5 Å². The van der Waals surface area contributed by atoms with Crippen LogP contribution in [0.1, 0.15) is 44.5 Å². The lowest BCUT2D eigenvalue weighted by atomic mass is 9.99. The summed E-state index contributed by atoms with van der Waals surface area (Å²) >= 11 is 0. The van der Waals surface area contributed by atoms with Crippen LogP contribution in [0.25, 0.3) is 22.0 Å². The van der Waals surface area contributed by atoms with Gasteiger partial charge in [-0.25, -0.2) is 10.2 Å². The minimum Gasteiger partial charge on any atom is -0.490 e. The van der Waals surface area contributed by atoms with Crippen LogP contribution in [0.5, 0.6) is 11.5 Å². The lowest BCUT2D eigenvalue weighted by Gasteiger charge is -2.11. The van der Waals surface area contributed by atoms with E-state index in [2.05, 4.69) is 27.6 Å². The SMILES string of the molecule is CCOc1cc(C=NNC(=O)c2[nH]c3c(C)cc(C)cc3c2-c2ccccc2)ccc1OC(=O)c1ccccc1. The summed E-state index contributed by atoms with van der Waals surface area (Å²) in [5.41, 5.74) is 9.05. The number of aromatic amines is 1. The maximum Gasteiger partial charge on any atom is 0.343 e. The highest BCUT2D eigenvalue weighted by Crippen LogP contribution is 2.35. The molecule has 4 aromatic carbocycles. The minimum absolute atomic E-state index is 0.299. The first kappa shape index (κ1) is 26.4. The molecular weight excluding hydrogens is 502 g/mol. The second-order valence-electron chi connectivity index (χ2n) is 9.34. The minimum atomic E-state index is -0.479. The Labute approximate surface area is 232 Å². The van der Waals surface area contributed by atoms with Crippen LogP contribution in [0, 0.1) is 13.8 Å². The number of aryl methyl sites for hydroxylation is 2. The summed E-state index contributed by atoms with van der Waals surface area (Å²) in [6, 6.07) is 27.8. The van der Waals surface area contributed by atoms with E-state index in [0.29, 0.717) is 34.9 Å². The normalized spacial score (nSPS) is 11.1. The van der Waals surface area contributed by atoms with Crippen molar-refractivity contribution in [3.8, 4) is 22.6 Å². The van der Waals surface area contributed by atoms with Gasteiger partial charge in [-0.1, -0.05) is 60.2 Å². The number of amides is 1. The van der Waals surface area contributed by atoms with E-state index in [1.807, 2.05) is 57.2 Å². The number of hydrogen-bond acceptors (Lipinski definition) is 5. The molecule has 0 fully saturated rings. The number of carbonyl (C=O) groups excluding carboxylic acids is 2. The van der Waals surface area contributed by atoms with Gasteiger partial charge in [-0.3, -0.25) is 4.79 Å². The maximum atomic E-state index is 13.3. The zero-order valence-corrected chi connectivity index (χ0v) is 22.5. The molecule has 200 valence electrons. The topological polar surface area (TPSA) is 92.8 Å². The number of hydrogen-bond donors (Lipinski definition) is 2. The molecule has 1 heterocycles. The molecule has 0 unspecified atom stereocenters. The Morgan fingerprint density at radius 2 is 1.62 bits per heavy atom. The molecule has 7 heteroatoms. The number of nitrogens with one attached hydrogen (secondary N) is 2. The van der Waals surface area contributed by atoms with Crippen molar-refractivity contribution in [1.29, 1.82) is 0 Å². The second-order valence-corrected chi connectivity index (χ2v) is 9.34. The highest BCUT2D eigenvalue weighted by atomic mass is 16.6. The fourth-order valence-corrected chi connectivity index (χ4v) is 4.64. The number of rotatable bonds is 8. The van der Waals surface area contributed by atoms with Crippen molar-refractivity contribution < 1.29 is 19.1 Å². The van der Waals surface area contributed by atoms with Crippen molar-refractivity contribution in [2.75, 3.05) is 6.61 Å². The van der Waals surface area contributed by atoms with E-state index < -0.39 is 5.97 Å². The summed E-state index contributed by atoms with van der Waals surface area (Å²) in [5, 5.41) is 5.18. The average molecular weight is 532 g/mol. The van der Waals surface area contributed by atoms with Gasteiger partial charge in [-0.2, -0.15) is 5.10 Å². The van der Waals surface area contributed by atoms with E-state index in [1.165, 1.54) is 6.21 Å². The first-order valence-electron chi connectivity index (χ1n) is 13.0. The van der Waals surface area contributed by atoms with Crippen LogP contribution in [0.4, 0.5) is 0 Å². The Bertz CT molecular complexity index is 1710. The number of aromatic nitrogens is 1. The van der Waals surface area contributed by atoms with Crippen molar-refractivity contribution in [1.82, 2.24) is 10.4 Å². The van der Waals surface area contributed by atoms with Gasteiger partial charge >= 0.3 is 5.97 Å². The standard InChI is InChI=1S/C33H29N3O4/c1-4-39-28-19-23(15-16-27(28)40-33(38)25-13-9-6-10-14-25)20-34-36-32(37)31-29(24-11-7-5-8-12-24)26-18-21(2)17-22(3)30(26)35-31/h5-20,35H,4H2,1-3H3,(H,36,37). The Hall–Kier alpha value is -5.17. The predicted molar refractivity (Wildman–Crippen MR) is 157 cm³/mol. The largest absolute Gasteiger partial charge is 0.490 e. The highest BCUT2D eigenvalue weighted by molar-refractivity contribution is 6.10. The fourth-order valence-electron chi connectivity index (χ4n) is 4.64. The number of benzene rings is 4. The smallest absolute Gasteiger partial charge is 0.343 e. The molecule has 1 amide bonds. The van der Waals surface area contributed by atoms with Crippen molar-refractivity contribution >= 4 is 29.0 Å². The van der Waals surface area contributed by atoms with Crippen LogP contribution in [-0.2, 0) is 0 Å². The van der Waals surface area contributed by atoms with E-state index in [0.717, 1.165) is 33.2 Å². The molecule has 0 saturated carbocycles. The lowest BCUT2D eigenvalue weighted by molar-refractivity contribution is 0.0728. The average Bonchev–Trinajstić information content (AvgIpc) is 3.35. The summed E-state index contributed by atoms with van der Waals surface area (Å²) < 4.78 is 11.3.